The van der Waals surface area contributed by atoms with Crippen LogP contribution in [0.2, 0.25) is 0 Å². The molecule has 2 fully saturated rings. The zero-order chi connectivity index (χ0) is 13.3. The van der Waals surface area contributed by atoms with E-state index in [4.69, 9.17) is 0 Å². The second-order valence-corrected chi connectivity index (χ2v) is 6.03. The monoisotopic (exact) mass is 262 g/mol. The van der Waals surface area contributed by atoms with E-state index in [0.717, 1.165) is 13.1 Å². The lowest BCUT2D eigenvalue weighted by atomic mass is 10.1. The van der Waals surface area contributed by atoms with Gasteiger partial charge in [0.05, 0.1) is 0 Å². The number of nitrogens with zero attached hydrogens (tertiary/aromatic N) is 3. The van der Waals surface area contributed by atoms with Crippen LogP contribution in [0.3, 0.4) is 0 Å². The molecule has 1 saturated carbocycles. The first kappa shape index (κ1) is 12.7. The molecule has 104 valence electrons. The van der Waals surface area contributed by atoms with Crippen LogP contribution in [0.25, 0.3) is 0 Å². The molecule has 1 amide bonds. The summed E-state index contributed by atoms with van der Waals surface area (Å²) in [6, 6.07) is 0. The van der Waals surface area contributed by atoms with Crippen LogP contribution < -0.4 is 5.32 Å². The Labute approximate surface area is 114 Å². The van der Waals surface area contributed by atoms with E-state index < -0.39 is 0 Å². The highest BCUT2D eigenvalue weighted by atomic mass is 16.2. The number of carbonyl (C=O) groups is 1. The van der Waals surface area contributed by atoms with Crippen LogP contribution in [-0.2, 0) is 7.05 Å². The van der Waals surface area contributed by atoms with Gasteiger partial charge < -0.3 is 14.8 Å². The third kappa shape index (κ3) is 2.81. The Hall–Kier alpha value is -1.36. The molecule has 5 heteroatoms. The molecule has 1 aliphatic carbocycles. The largest absolute Gasteiger partial charge is 0.349 e. The molecule has 2 heterocycles. The molecule has 1 N–H and O–H groups in total. The van der Waals surface area contributed by atoms with Gasteiger partial charge in [-0.3, -0.25) is 4.79 Å². The Bertz CT molecular complexity index is 458. The molecule has 0 radical (unpaired) electrons. The summed E-state index contributed by atoms with van der Waals surface area (Å²) in [7, 11) is 1.85. The fourth-order valence-electron chi connectivity index (χ4n) is 2.91. The summed E-state index contributed by atoms with van der Waals surface area (Å²) in [6.07, 6.45) is 8.60. The van der Waals surface area contributed by atoms with E-state index in [-0.39, 0.29) is 5.91 Å². The summed E-state index contributed by atoms with van der Waals surface area (Å²) in [6.45, 7) is 4.40. The lowest BCUT2D eigenvalue weighted by Gasteiger charge is -2.23. The van der Waals surface area contributed by atoms with E-state index >= 15 is 0 Å². The van der Waals surface area contributed by atoms with Gasteiger partial charge in [-0.15, -0.1) is 0 Å². The zero-order valence-corrected chi connectivity index (χ0v) is 11.6. The van der Waals surface area contributed by atoms with E-state index in [1.807, 2.05) is 7.05 Å². The van der Waals surface area contributed by atoms with Gasteiger partial charge >= 0.3 is 0 Å². The Morgan fingerprint density at radius 2 is 2.16 bits per heavy atom. The minimum Gasteiger partial charge on any atom is -0.349 e. The van der Waals surface area contributed by atoms with E-state index in [0.29, 0.717) is 11.2 Å². The number of likely N-dealkylation sites (tertiary alicyclic amines) is 1. The van der Waals surface area contributed by atoms with Gasteiger partial charge in [0.1, 0.15) is 0 Å². The minimum absolute atomic E-state index is 0.0554. The van der Waals surface area contributed by atoms with Crippen molar-refractivity contribution in [1.29, 1.82) is 0 Å². The van der Waals surface area contributed by atoms with Gasteiger partial charge in [-0.05, 0) is 38.8 Å². The molecule has 1 aromatic rings. The van der Waals surface area contributed by atoms with Crippen molar-refractivity contribution in [3.8, 4) is 0 Å². The first-order valence-corrected chi connectivity index (χ1v) is 7.16. The fraction of sp³-hybridized carbons (Fsp3) is 0.714. The second-order valence-electron chi connectivity index (χ2n) is 6.03. The van der Waals surface area contributed by atoms with Crippen molar-refractivity contribution in [3.05, 3.63) is 18.2 Å². The number of nitrogens with one attached hydrogen (secondary N) is 1. The van der Waals surface area contributed by atoms with Gasteiger partial charge in [-0.2, -0.15) is 0 Å². The van der Waals surface area contributed by atoms with Gasteiger partial charge in [0.15, 0.2) is 5.82 Å². The van der Waals surface area contributed by atoms with Crippen molar-refractivity contribution >= 4 is 5.91 Å². The predicted molar refractivity (Wildman–Crippen MR) is 72.9 cm³/mol. The molecule has 0 spiro atoms. The maximum atomic E-state index is 12.0. The molecule has 0 aromatic carbocycles. The lowest BCUT2D eigenvalue weighted by Crippen LogP contribution is -2.37. The molecule has 2 aliphatic rings. The molecule has 1 aliphatic heterocycles. The summed E-state index contributed by atoms with van der Waals surface area (Å²) in [5.41, 5.74) is 0.338. The first-order chi connectivity index (χ1) is 9.19. The number of rotatable bonds is 5. The van der Waals surface area contributed by atoms with Crippen molar-refractivity contribution in [1.82, 2.24) is 19.8 Å². The maximum absolute atomic E-state index is 12.0. The fourth-order valence-corrected chi connectivity index (χ4v) is 2.91. The quantitative estimate of drug-likeness (QED) is 0.862. The molecule has 0 bridgehead atoms. The second kappa shape index (κ2) is 4.96. The molecule has 19 heavy (non-hydrogen) atoms. The van der Waals surface area contributed by atoms with Gasteiger partial charge in [0, 0.05) is 37.9 Å². The number of aryl methyl sites for hydroxylation is 1. The minimum atomic E-state index is -0.0554. The van der Waals surface area contributed by atoms with Crippen molar-refractivity contribution in [3.63, 3.8) is 0 Å². The number of hydrogen-bond donors (Lipinski definition) is 1. The van der Waals surface area contributed by atoms with Crippen LogP contribution in [0.15, 0.2) is 12.4 Å². The summed E-state index contributed by atoms with van der Waals surface area (Å²) in [4.78, 5) is 18.7. The van der Waals surface area contributed by atoms with E-state index in [9.17, 15) is 4.79 Å². The highest BCUT2D eigenvalue weighted by Gasteiger charge is 2.44. The smallest absolute Gasteiger partial charge is 0.287 e. The topological polar surface area (TPSA) is 50.2 Å². The molecule has 0 unspecified atom stereocenters. The highest BCUT2D eigenvalue weighted by Crippen LogP contribution is 2.46. The van der Waals surface area contributed by atoms with Crippen molar-refractivity contribution in [2.75, 3.05) is 26.2 Å². The SMILES string of the molecule is Cn1ccnc1C(=O)NCC1(CN2CCCC2)CC1. The molecule has 1 aromatic heterocycles. The van der Waals surface area contributed by atoms with Gasteiger partial charge in [0.2, 0.25) is 0 Å². The van der Waals surface area contributed by atoms with Crippen molar-refractivity contribution in [2.24, 2.45) is 12.5 Å². The van der Waals surface area contributed by atoms with Gasteiger partial charge in [-0.1, -0.05) is 0 Å². The Morgan fingerprint density at radius 3 is 2.74 bits per heavy atom. The van der Waals surface area contributed by atoms with Crippen LogP contribution >= 0.6 is 0 Å². The third-order valence-corrected chi connectivity index (χ3v) is 4.36. The van der Waals surface area contributed by atoms with E-state index in [1.54, 1.807) is 17.0 Å². The number of amides is 1. The third-order valence-electron chi connectivity index (χ3n) is 4.36. The molecular weight excluding hydrogens is 240 g/mol. The molecular formula is C14H22N4O. The van der Waals surface area contributed by atoms with Gasteiger partial charge in [0.25, 0.3) is 5.91 Å². The standard InChI is InChI=1S/C14H22N4O/c1-17-9-6-15-12(17)13(19)16-10-14(4-5-14)11-18-7-2-3-8-18/h6,9H,2-5,7-8,10-11H2,1H3,(H,16,19). The van der Waals surface area contributed by atoms with Gasteiger partial charge in [-0.25, -0.2) is 4.98 Å². The molecule has 3 rings (SSSR count). The zero-order valence-electron chi connectivity index (χ0n) is 11.6. The number of imidazole rings is 1. The van der Waals surface area contributed by atoms with E-state index in [1.165, 1.54) is 38.8 Å². The molecule has 5 nitrogen and oxygen atoms in total. The highest BCUT2D eigenvalue weighted by molar-refractivity contribution is 5.90. The van der Waals surface area contributed by atoms with Crippen molar-refractivity contribution in [2.45, 2.75) is 25.7 Å². The van der Waals surface area contributed by atoms with Crippen LogP contribution in [0.5, 0.6) is 0 Å². The van der Waals surface area contributed by atoms with Crippen LogP contribution in [0.1, 0.15) is 36.3 Å². The van der Waals surface area contributed by atoms with Crippen molar-refractivity contribution < 1.29 is 4.79 Å². The lowest BCUT2D eigenvalue weighted by molar-refractivity contribution is 0.0926. The predicted octanol–water partition coefficient (Wildman–Crippen LogP) is 1.03. The number of carbonyl (C=O) groups excluding carboxylic acids is 1. The van der Waals surface area contributed by atoms with Crippen LogP contribution in [0.4, 0.5) is 0 Å². The van der Waals surface area contributed by atoms with Crippen LogP contribution in [-0.4, -0.2) is 46.5 Å². The average molecular weight is 262 g/mol. The summed E-state index contributed by atoms with van der Waals surface area (Å²) in [5, 5.41) is 3.05. The average Bonchev–Trinajstić information content (AvgIpc) is 2.78. The van der Waals surface area contributed by atoms with Crippen LogP contribution in [0, 0.1) is 5.41 Å². The summed E-state index contributed by atoms with van der Waals surface area (Å²) in [5.74, 6) is 0.442. The number of hydrogen-bond acceptors (Lipinski definition) is 3. The summed E-state index contributed by atoms with van der Waals surface area (Å²) >= 11 is 0. The Morgan fingerprint density at radius 1 is 1.42 bits per heavy atom. The Balaban J connectivity index is 1.51. The Kier molecular flexibility index (Phi) is 3.31. The molecule has 0 atom stereocenters. The van der Waals surface area contributed by atoms with E-state index in [2.05, 4.69) is 15.2 Å². The maximum Gasteiger partial charge on any atom is 0.287 e. The summed E-state index contributed by atoms with van der Waals surface area (Å²) < 4.78 is 1.76. The first-order valence-electron chi connectivity index (χ1n) is 7.16. The normalized spacial score (nSPS) is 21.5. The number of aromatic nitrogens is 2. The molecule has 1 saturated heterocycles.